The summed E-state index contributed by atoms with van der Waals surface area (Å²) in [6.07, 6.45) is -0.723. The lowest BCUT2D eigenvalue weighted by Crippen LogP contribution is -2.51. The van der Waals surface area contributed by atoms with Crippen molar-refractivity contribution >= 4 is 17.4 Å². The first-order chi connectivity index (χ1) is 9.38. The Morgan fingerprint density at radius 2 is 1.85 bits per heavy atom. The van der Waals surface area contributed by atoms with Gasteiger partial charge in [-0.2, -0.15) is 8.78 Å². The fourth-order valence-corrected chi connectivity index (χ4v) is 2.13. The highest BCUT2D eigenvalue weighted by Crippen LogP contribution is 2.25. The first-order valence-corrected chi connectivity index (χ1v) is 6.37. The maximum Gasteiger partial charge on any atom is 0.319 e. The molecule has 1 fully saturated rings. The fourth-order valence-electron chi connectivity index (χ4n) is 1.99. The van der Waals surface area contributed by atoms with E-state index in [0.717, 1.165) is 0 Å². The molecule has 0 aromatic carbocycles. The Morgan fingerprint density at radius 3 is 2.40 bits per heavy atom. The van der Waals surface area contributed by atoms with E-state index in [9.17, 15) is 17.6 Å². The van der Waals surface area contributed by atoms with Crippen LogP contribution in [0.1, 0.15) is 0 Å². The Bertz CT molecular complexity index is 452. The zero-order chi connectivity index (χ0) is 14.8. The molecular formula is C11H13ClF4N4. The Morgan fingerprint density at radius 1 is 1.20 bits per heavy atom. The molecule has 0 saturated carbocycles. The number of halogens is 5. The topological polar surface area (TPSA) is 32.3 Å². The summed E-state index contributed by atoms with van der Waals surface area (Å²) in [5.41, 5.74) is 0. The maximum absolute atomic E-state index is 13.0. The average molecular weight is 313 g/mol. The van der Waals surface area contributed by atoms with E-state index < -0.39 is 18.9 Å². The Balaban J connectivity index is 1.90. The number of nitrogens with zero attached hydrogens (tertiary/aromatic N) is 4. The van der Waals surface area contributed by atoms with Crippen LogP contribution in [0.2, 0.25) is 5.15 Å². The first kappa shape index (κ1) is 15.2. The minimum absolute atomic E-state index is 0.245. The lowest BCUT2D eigenvalue weighted by molar-refractivity contribution is -0.142. The van der Waals surface area contributed by atoms with Gasteiger partial charge < -0.3 is 4.90 Å². The SMILES string of the molecule is FC(F)C(F)(F)CN1CCN(c2cncc(Cl)n2)CC1. The molecule has 0 radical (unpaired) electrons. The van der Waals surface area contributed by atoms with Crippen LogP contribution < -0.4 is 4.90 Å². The first-order valence-electron chi connectivity index (χ1n) is 5.99. The normalized spacial score (nSPS) is 17.8. The second-order valence-corrected chi connectivity index (χ2v) is 4.91. The predicted octanol–water partition coefficient (Wildman–Crippen LogP) is 2.15. The van der Waals surface area contributed by atoms with Crippen LogP contribution in [0.3, 0.4) is 0 Å². The number of alkyl halides is 4. The van der Waals surface area contributed by atoms with Crippen molar-refractivity contribution in [2.75, 3.05) is 37.6 Å². The second kappa shape index (κ2) is 6.09. The molecule has 0 unspecified atom stereocenters. The highest BCUT2D eigenvalue weighted by atomic mass is 35.5. The highest BCUT2D eigenvalue weighted by molar-refractivity contribution is 6.29. The van der Waals surface area contributed by atoms with Crippen molar-refractivity contribution in [3.63, 3.8) is 0 Å². The molecule has 112 valence electrons. The Labute approximate surface area is 118 Å². The van der Waals surface area contributed by atoms with Gasteiger partial charge in [-0.25, -0.2) is 13.8 Å². The molecule has 20 heavy (non-hydrogen) atoms. The van der Waals surface area contributed by atoms with Gasteiger partial charge in [-0.3, -0.25) is 9.88 Å². The molecule has 2 heterocycles. The number of rotatable bonds is 4. The van der Waals surface area contributed by atoms with Gasteiger partial charge in [0.05, 0.1) is 18.9 Å². The molecule has 0 spiro atoms. The zero-order valence-corrected chi connectivity index (χ0v) is 11.2. The summed E-state index contributed by atoms with van der Waals surface area (Å²) in [6, 6.07) is 0. The van der Waals surface area contributed by atoms with Crippen LogP contribution in [0.4, 0.5) is 23.4 Å². The number of hydrogen-bond acceptors (Lipinski definition) is 4. The Kier molecular flexibility index (Phi) is 4.64. The van der Waals surface area contributed by atoms with Crippen molar-refractivity contribution < 1.29 is 17.6 Å². The molecule has 1 aliphatic rings. The molecule has 4 nitrogen and oxygen atoms in total. The number of hydrogen-bond donors (Lipinski definition) is 0. The van der Waals surface area contributed by atoms with Crippen LogP contribution in [0.15, 0.2) is 12.4 Å². The summed E-state index contributed by atoms with van der Waals surface area (Å²) < 4.78 is 50.2. The van der Waals surface area contributed by atoms with Gasteiger partial charge in [0.1, 0.15) is 11.0 Å². The summed E-state index contributed by atoms with van der Waals surface area (Å²) in [6.45, 7) is 0.412. The van der Waals surface area contributed by atoms with Gasteiger partial charge in [0.15, 0.2) is 0 Å². The fraction of sp³-hybridized carbons (Fsp3) is 0.636. The van der Waals surface area contributed by atoms with Gasteiger partial charge in [0.25, 0.3) is 0 Å². The number of piperazine rings is 1. The summed E-state index contributed by atoms with van der Waals surface area (Å²) >= 11 is 5.72. The lowest BCUT2D eigenvalue weighted by atomic mass is 10.2. The van der Waals surface area contributed by atoms with Crippen molar-refractivity contribution in [1.82, 2.24) is 14.9 Å². The quantitative estimate of drug-likeness (QED) is 0.798. The van der Waals surface area contributed by atoms with E-state index in [1.165, 1.54) is 17.3 Å². The zero-order valence-electron chi connectivity index (χ0n) is 10.4. The van der Waals surface area contributed by atoms with E-state index in [-0.39, 0.29) is 18.2 Å². The van der Waals surface area contributed by atoms with Crippen LogP contribution in [-0.2, 0) is 0 Å². The van der Waals surface area contributed by atoms with Gasteiger partial charge in [-0.05, 0) is 0 Å². The number of aromatic nitrogens is 2. The van der Waals surface area contributed by atoms with Gasteiger partial charge in [-0.1, -0.05) is 11.6 Å². The van der Waals surface area contributed by atoms with Gasteiger partial charge in [-0.15, -0.1) is 0 Å². The van der Waals surface area contributed by atoms with Crippen LogP contribution in [0.25, 0.3) is 0 Å². The smallest absolute Gasteiger partial charge is 0.319 e. The van der Waals surface area contributed by atoms with Crippen molar-refractivity contribution in [1.29, 1.82) is 0 Å². The molecule has 1 saturated heterocycles. The molecule has 0 amide bonds. The summed E-state index contributed by atoms with van der Waals surface area (Å²) in [5, 5.41) is 0.245. The van der Waals surface area contributed by atoms with E-state index in [0.29, 0.717) is 18.9 Å². The predicted molar refractivity (Wildman–Crippen MR) is 66.6 cm³/mol. The number of anilines is 1. The van der Waals surface area contributed by atoms with Crippen molar-refractivity contribution in [2.24, 2.45) is 0 Å². The van der Waals surface area contributed by atoms with E-state index in [4.69, 9.17) is 11.6 Å². The molecule has 0 atom stereocenters. The maximum atomic E-state index is 13.0. The van der Waals surface area contributed by atoms with Crippen molar-refractivity contribution in [3.8, 4) is 0 Å². The van der Waals surface area contributed by atoms with Crippen LogP contribution in [0, 0.1) is 0 Å². The van der Waals surface area contributed by atoms with Gasteiger partial charge >= 0.3 is 12.3 Å². The monoisotopic (exact) mass is 312 g/mol. The molecule has 1 aromatic rings. The average Bonchev–Trinajstić information content (AvgIpc) is 2.39. The standard InChI is InChI=1S/C11H13ClF4N4/c12-8-5-17-6-9(18-8)20-3-1-19(2-4-20)7-11(15,16)10(13)14/h5-6,10H,1-4,7H2. The summed E-state index contributed by atoms with van der Waals surface area (Å²) in [4.78, 5) is 11.1. The molecular weight excluding hydrogens is 300 g/mol. The molecule has 1 aliphatic heterocycles. The van der Waals surface area contributed by atoms with Gasteiger partial charge in [0, 0.05) is 26.2 Å². The minimum Gasteiger partial charge on any atom is -0.353 e. The lowest BCUT2D eigenvalue weighted by Gasteiger charge is -2.36. The van der Waals surface area contributed by atoms with E-state index in [1.807, 2.05) is 4.90 Å². The third-order valence-electron chi connectivity index (χ3n) is 3.04. The molecule has 0 bridgehead atoms. The molecule has 1 aromatic heterocycles. The molecule has 0 N–H and O–H groups in total. The second-order valence-electron chi connectivity index (χ2n) is 4.52. The van der Waals surface area contributed by atoms with Crippen molar-refractivity contribution in [3.05, 3.63) is 17.5 Å². The van der Waals surface area contributed by atoms with Crippen molar-refractivity contribution in [2.45, 2.75) is 12.3 Å². The van der Waals surface area contributed by atoms with Crippen LogP contribution in [0.5, 0.6) is 0 Å². The van der Waals surface area contributed by atoms with E-state index in [1.54, 1.807) is 0 Å². The highest BCUT2D eigenvalue weighted by Gasteiger charge is 2.42. The van der Waals surface area contributed by atoms with Gasteiger partial charge in [0.2, 0.25) is 0 Å². The van der Waals surface area contributed by atoms with E-state index >= 15 is 0 Å². The van der Waals surface area contributed by atoms with Crippen LogP contribution >= 0.6 is 11.6 Å². The molecule has 2 rings (SSSR count). The third kappa shape index (κ3) is 3.69. The minimum atomic E-state index is -3.97. The Hall–Kier alpha value is -1.15. The summed E-state index contributed by atoms with van der Waals surface area (Å²) in [5.74, 6) is -3.42. The van der Waals surface area contributed by atoms with E-state index in [2.05, 4.69) is 9.97 Å². The largest absolute Gasteiger partial charge is 0.353 e. The summed E-state index contributed by atoms with van der Waals surface area (Å²) in [7, 11) is 0. The third-order valence-corrected chi connectivity index (χ3v) is 3.22. The molecule has 0 aliphatic carbocycles. The molecule has 9 heteroatoms. The van der Waals surface area contributed by atoms with Crippen LogP contribution in [-0.4, -0.2) is 59.9 Å².